The fraction of sp³-hybridized carbons (Fsp3) is 0.600. The zero-order valence-corrected chi connectivity index (χ0v) is 12.7. The zero-order valence-electron chi connectivity index (χ0n) is 12.7. The van der Waals surface area contributed by atoms with Gasteiger partial charge < -0.3 is 24.9 Å². The molecular weight excluding hydrogens is 288 g/mol. The number of unbranched alkanes of at least 4 members (excludes halogenated alkanes) is 1. The van der Waals surface area contributed by atoms with Crippen LogP contribution < -0.4 is 21.2 Å². The highest BCUT2D eigenvalue weighted by Gasteiger charge is 2.36. The van der Waals surface area contributed by atoms with Crippen molar-refractivity contribution < 1.29 is 18.7 Å². The van der Waals surface area contributed by atoms with E-state index in [1.54, 1.807) is 0 Å². The average Bonchev–Trinajstić information content (AvgIpc) is 2.98. The molecule has 2 rings (SSSR count). The normalized spacial score (nSPS) is 20.8. The predicted octanol–water partition coefficient (Wildman–Crippen LogP) is 0.666. The summed E-state index contributed by atoms with van der Waals surface area (Å²) < 4.78 is 15.9. The molecule has 22 heavy (non-hydrogen) atoms. The van der Waals surface area contributed by atoms with Crippen LogP contribution in [0.15, 0.2) is 21.5 Å². The van der Waals surface area contributed by atoms with E-state index >= 15 is 0 Å². The summed E-state index contributed by atoms with van der Waals surface area (Å²) in [5.41, 5.74) is 4.75. The summed E-state index contributed by atoms with van der Waals surface area (Å²) in [7, 11) is 0. The van der Waals surface area contributed by atoms with Crippen molar-refractivity contribution in [1.29, 1.82) is 0 Å². The molecule has 1 aromatic heterocycles. The molecular formula is C15H22N2O5. The van der Waals surface area contributed by atoms with Gasteiger partial charge in [-0.15, -0.1) is 0 Å². The molecule has 0 aromatic carbocycles. The Morgan fingerprint density at radius 2 is 2.36 bits per heavy atom. The van der Waals surface area contributed by atoms with Crippen molar-refractivity contribution in [2.75, 3.05) is 26.4 Å². The molecule has 2 heterocycles. The van der Waals surface area contributed by atoms with Gasteiger partial charge in [-0.25, -0.2) is 0 Å². The molecule has 3 N–H and O–H groups in total. The third-order valence-corrected chi connectivity index (χ3v) is 3.66. The first-order valence-corrected chi connectivity index (χ1v) is 7.47. The van der Waals surface area contributed by atoms with Gasteiger partial charge in [-0.2, -0.15) is 0 Å². The van der Waals surface area contributed by atoms with Gasteiger partial charge in [0.2, 0.25) is 16.9 Å². The summed E-state index contributed by atoms with van der Waals surface area (Å²) in [6.45, 7) is 3.50. The Bertz CT molecular complexity index is 563. The van der Waals surface area contributed by atoms with Crippen LogP contribution in [0.25, 0.3) is 0 Å². The molecule has 1 atom stereocenters. The molecule has 7 nitrogen and oxygen atoms in total. The fourth-order valence-electron chi connectivity index (χ4n) is 2.23. The van der Waals surface area contributed by atoms with Crippen LogP contribution in [0.2, 0.25) is 0 Å². The van der Waals surface area contributed by atoms with Crippen molar-refractivity contribution >= 4 is 5.91 Å². The maximum atomic E-state index is 12.4. The largest absolute Gasteiger partial charge is 0.486 e. The molecule has 1 unspecified atom stereocenters. The molecule has 1 saturated heterocycles. The lowest BCUT2D eigenvalue weighted by molar-refractivity contribution is 0.0844. The molecule has 1 aromatic rings. The van der Waals surface area contributed by atoms with E-state index in [2.05, 4.69) is 5.32 Å². The van der Waals surface area contributed by atoms with Crippen molar-refractivity contribution in [2.45, 2.75) is 31.7 Å². The number of ether oxygens (including phenoxy) is 2. The quantitative estimate of drug-likeness (QED) is 0.717. The lowest BCUT2D eigenvalue weighted by Crippen LogP contribution is -2.54. The smallest absolute Gasteiger partial charge is 0.291 e. The van der Waals surface area contributed by atoms with Crippen LogP contribution in [0, 0.1) is 0 Å². The van der Waals surface area contributed by atoms with Crippen LogP contribution in [-0.4, -0.2) is 37.8 Å². The Balaban J connectivity index is 2.18. The van der Waals surface area contributed by atoms with E-state index in [0.29, 0.717) is 26.2 Å². The first-order valence-electron chi connectivity index (χ1n) is 7.47. The van der Waals surface area contributed by atoms with Crippen molar-refractivity contribution in [2.24, 2.45) is 5.73 Å². The van der Waals surface area contributed by atoms with Crippen molar-refractivity contribution in [1.82, 2.24) is 5.32 Å². The number of nitrogens with two attached hydrogens (primary N) is 1. The minimum atomic E-state index is -0.619. The Morgan fingerprint density at radius 3 is 3.00 bits per heavy atom. The summed E-state index contributed by atoms with van der Waals surface area (Å²) in [6.07, 6.45) is 3.52. The Labute approximate surface area is 128 Å². The fourth-order valence-corrected chi connectivity index (χ4v) is 2.23. The van der Waals surface area contributed by atoms with Gasteiger partial charge in [0.25, 0.3) is 5.91 Å². The monoisotopic (exact) mass is 310 g/mol. The maximum absolute atomic E-state index is 12.4. The third-order valence-electron chi connectivity index (χ3n) is 3.66. The maximum Gasteiger partial charge on any atom is 0.291 e. The van der Waals surface area contributed by atoms with Crippen molar-refractivity contribution in [3.05, 3.63) is 28.3 Å². The van der Waals surface area contributed by atoms with Crippen LogP contribution in [0.4, 0.5) is 0 Å². The van der Waals surface area contributed by atoms with E-state index in [1.807, 2.05) is 6.92 Å². The molecule has 122 valence electrons. The third kappa shape index (κ3) is 3.66. The highest BCUT2D eigenvalue weighted by molar-refractivity contribution is 5.94. The van der Waals surface area contributed by atoms with Gasteiger partial charge in [-0.3, -0.25) is 9.59 Å². The number of amides is 1. The van der Waals surface area contributed by atoms with Gasteiger partial charge in [0, 0.05) is 19.2 Å². The molecule has 1 aliphatic heterocycles. The lowest BCUT2D eigenvalue weighted by atomic mass is 9.99. The van der Waals surface area contributed by atoms with Crippen LogP contribution in [0.3, 0.4) is 0 Å². The Hall–Kier alpha value is -1.86. The van der Waals surface area contributed by atoms with Gasteiger partial charge >= 0.3 is 0 Å². The summed E-state index contributed by atoms with van der Waals surface area (Å²) >= 11 is 0. The standard InChI is InChI=1S/C15H22N2O5/c1-2-3-6-21-12-11(18)4-7-22-13(12)14(19)17-15(9-16)5-8-20-10-15/h4,7H,2-3,5-6,8-10,16H2,1H3,(H,17,19). The second-order valence-corrected chi connectivity index (χ2v) is 5.39. The first-order chi connectivity index (χ1) is 10.6. The summed E-state index contributed by atoms with van der Waals surface area (Å²) in [6, 6.07) is 1.23. The highest BCUT2D eigenvalue weighted by Crippen LogP contribution is 2.20. The van der Waals surface area contributed by atoms with E-state index in [-0.39, 0.29) is 23.5 Å². The number of rotatable bonds is 7. The Kier molecular flexibility index (Phi) is 5.57. The number of carbonyl (C=O) groups excluding carboxylic acids is 1. The van der Waals surface area contributed by atoms with Crippen LogP contribution in [-0.2, 0) is 4.74 Å². The molecule has 1 fully saturated rings. The van der Waals surface area contributed by atoms with E-state index in [0.717, 1.165) is 12.8 Å². The molecule has 1 aliphatic rings. The van der Waals surface area contributed by atoms with Gasteiger partial charge in [0.15, 0.2) is 0 Å². The minimum Gasteiger partial charge on any atom is -0.486 e. The second kappa shape index (κ2) is 7.42. The summed E-state index contributed by atoms with van der Waals surface area (Å²) in [5, 5.41) is 2.81. The van der Waals surface area contributed by atoms with Crippen molar-refractivity contribution in [3.63, 3.8) is 0 Å². The SMILES string of the molecule is CCCCOc1c(C(=O)NC2(CN)CCOC2)occc1=O. The van der Waals surface area contributed by atoms with E-state index in [1.165, 1.54) is 12.3 Å². The highest BCUT2D eigenvalue weighted by atomic mass is 16.5. The average molecular weight is 310 g/mol. The molecule has 0 aliphatic carbocycles. The molecule has 0 saturated carbocycles. The van der Waals surface area contributed by atoms with Crippen LogP contribution in [0.1, 0.15) is 36.7 Å². The predicted molar refractivity (Wildman–Crippen MR) is 80.1 cm³/mol. The van der Waals surface area contributed by atoms with E-state index in [4.69, 9.17) is 19.6 Å². The molecule has 0 spiro atoms. The molecule has 0 bridgehead atoms. The number of hydrogen-bond donors (Lipinski definition) is 2. The zero-order chi connectivity index (χ0) is 16.0. The van der Waals surface area contributed by atoms with E-state index < -0.39 is 11.4 Å². The van der Waals surface area contributed by atoms with Crippen LogP contribution >= 0.6 is 0 Å². The van der Waals surface area contributed by atoms with Crippen LogP contribution in [0.5, 0.6) is 5.75 Å². The Morgan fingerprint density at radius 1 is 1.55 bits per heavy atom. The number of nitrogens with one attached hydrogen (secondary N) is 1. The summed E-state index contributed by atoms with van der Waals surface area (Å²) in [5.74, 6) is -0.692. The van der Waals surface area contributed by atoms with Gasteiger partial charge in [-0.1, -0.05) is 13.3 Å². The number of carbonyl (C=O) groups is 1. The van der Waals surface area contributed by atoms with E-state index in [9.17, 15) is 9.59 Å². The van der Waals surface area contributed by atoms with Gasteiger partial charge in [-0.05, 0) is 12.8 Å². The second-order valence-electron chi connectivity index (χ2n) is 5.39. The van der Waals surface area contributed by atoms with Gasteiger partial charge in [0.1, 0.15) is 0 Å². The summed E-state index contributed by atoms with van der Waals surface area (Å²) in [4.78, 5) is 24.3. The number of hydrogen-bond acceptors (Lipinski definition) is 6. The minimum absolute atomic E-state index is 0.0560. The first kappa shape index (κ1) is 16.5. The molecule has 7 heteroatoms. The topological polar surface area (TPSA) is 104 Å². The molecule has 1 amide bonds. The van der Waals surface area contributed by atoms with Gasteiger partial charge in [0.05, 0.1) is 25.0 Å². The van der Waals surface area contributed by atoms with Crippen molar-refractivity contribution in [3.8, 4) is 5.75 Å². The molecule has 0 radical (unpaired) electrons. The lowest BCUT2D eigenvalue weighted by Gasteiger charge is -2.26.